The van der Waals surface area contributed by atoms with E-state index < -0.39 is 0 Å². The van der Waals surface area contributed by atoms with Crippen LogP contribution in [0.15, 0.2) is 17.4 Å². The van der Waals surface area contributed by atoms with Crippen molar-refractivity contribution < 1.29 is 4.74 Å². The summed E-state index contributed by atoms with van der Waals surface area (Å²) in [6.07, 6.45) is 5.71. The molecule has 0 aliphatic carbocycles. The van der Waals surface area contributed by atoms with Crippen LogP contribution in [0, 0.1) is 0 Å². The lowest BCUT2D eigenvalue weighted by molar-refractivity contribution is 0.0844. The molecular weight excluding hydrogens is 272 g/mol. The minimum absolute atomic E-state index is 0.494. The van der Waals surface area contributed by atoms with Crippen LogP contribution in [-0.4, -0.2) is 66.6 Å². The Bertz CT molecular complexity index is 419. The molecule has 0 bridgehead atoms. The Kier molecular flexibility index (Phi) is 5.63. The molecule has 0 saturated carbocycles. The van der Waals surface area contributed by atoms with Gasteiger partial charge in [-0.2, -0.15) is 0 Å². The van der Waals surface area contributed by atoms with E-state index in [0.29, 0.717) is 12.1 Å². The summed E-state index contributed by atoms with van der Waals surface area (Å²) >= 11 is 1.63. The first-order valence-corrected chi connectivity index (χ1v) is 8.23. The van der Waals surface area contributed by atoms with E-state index in [1.54, 1.807) is 18.9 Å². The molecule has 0 aromatic carbocycles. The summed E-state index contributed by atoms with van der Waals surface area (Å²) in [5, 5.41) is 0.976. The van der Waals surface area contributed by atoms with Gasteiger partial charge in [0.05, 0.1) is 19.0 Å². The maximum Gasteiger partial charge on any atom is 0.148 e. The van der Waals surface area contributed by atoms with E-state index in [-0.39, 0.29) is 0 Å². The summed E-state index contributed by atoms with van der Waals surface area (Å²) in [4.78, 5) is 13.8. The molecule has 0 N–H and O–H groups in total. The Balaban J connectivity index is 2.05. The Morgan fingerprint density at radius 2 is 2.00 bits per heavy atom. The molecule has 1 aromatic heterocycles. The molecular formula is C14H24N4OS. The van der Waals surface area contributed by atoms with Crippen LogP contribution < -0.4 is 4.90 Å². The van der Waals surface area contributed by atoms with Gasteiger partial charge in [-0.05, 0) is 20.1 Å². The van der Waals surface area contributed by atoms with E-state index in [2.05, 4.69) is 33.6 Å². The molecule has 6 heteroatoms. The minimum Gasteiger partial charge on any atom is -0.383 e. The second-order valence-electron chi connectivity index (χ2n) is 5.25. The number of hydrogen-bond donors (Lipinski definition) is 0. The minimum atomic E-state index is 0.494. The van der Waals surface area contributed by atoms with Gasteiger partial charge in [-0.25, -0.2) is 4.98 Å². The van der Waals surface area contributed by atoms with Gasteiger partial charge in [-0.3, -0.25) is 9.88 Å². The van der Waals surface area contributed by atoms with Crippen molar-refractivity contribution in [2.45, 2.75) is 31.0 Å². The van der Waals surface area contributed by atoms with Gasteiger partial charge in [-0.1, -0.05) is 0 Å². The lowest BCUT2D eigenvalue weighted by Gasteiger charge is -2.44. The highest BCUT2D eigenvalue weighted by Gasteiger charge is 2.29. The first-order valence-electron chi connectivity index (χ1n) is 7.01. The van der Waals surface area contributed by atoms with Crippen LogP contribution in [-0.2, 0) is 4.74 Å². The zero-order valence-corrected chi connectivity index (χ0v) is 13.6. The lowest BCUT2D eigenvalue weighted by Crippen LogP contribution is -2.57. The fraction of sp³-hybridized carbons (Fsp3) is 0.714. The molecule has 1 saturated heterocycles. The smallest absolute Gasteiger partial charge is 0.148 e. The molecule has 0 radical (unpaired) electrons. The Labute approximate surface area is 125 Å². The van der Waals surface area contributed by atoms with Crippen LogP contribution in [0.4, 0.5) is 5.82 Å². The molecule has 2 heterocycles. The average molecular weight is 296 g/mol. The van der Waals surface area contributed by atoms with Crippen LogP contribution in [0.3, 0.4) is 0 Å². The van der Waals surface area contributed by atoms with E-state index in [9.17, 15) is 0 Å². The van der Waals surface area contributed by atoms with Crippen molar-refractivity contribution in [3.05, 3.63) is 12.4 Å². The van der Waals surface area contributed by atoms with Crippen molar-refractivity contribution in [1.29, 1.82) is 0 Å². The molecule has 1 fully saturated rings. The van der Waals surface area contributed by atoms with Gasteiger partial charge in [0, 0.05) is 38.8 Å². The number of aromatic nitrogens is 2. The fourth-order valence-corrected chi connectivity index (χ4v) is 3.12. The number of hydrogen-bond acceptors (Lipinski definition) is 6. The van der Waals surface area contributed by atoms with Gasteiger partial charge in [0.25, 0.3) is 0 Å². The summed E-state index contributed by atoms with van der Waals surface area (Å²) in [6.45, 7) is 8.29. The first kappa shape index (κ1) is 15.5. The molecule has 5 nitrogen and oxygen atoms in total. The van der Waals surface area contributed by atoms with Crippen LogP contribution in [0.5, 0.6) is 0 Å². The zero-order chi connectivity index (χ0) is 14.5. The monoisotopic (exact) mass is 296 g/mol. The summed E-state index contributed by atoms with van der Waals surface area (Å²) in [5.74, 6) is 0.988. The number of piperazine rings is 1. The molecule has 0 spiro atoms. The molecule has 0 amide bonds. The average Bonchev–Trinajstić information content (AvgIpc) is 2.46. The summed E-state index contributed by atoms with van der Waals surface area (Å²) in [7, 11) is 1.76. The maximum atomic E-state index is 5.20. The van der Waals surface area contributed by atoms with Gasteiger partial charge < -0.3 is 9.64 Å². The molecule has 1 aliphatic heterocycles. The Morgan fingerprint density at radius 1 is 1.30 bits per heavy atom. The predicted octanol–water partition coefficient (Wildman–Crippen LogP) is 1.74. The highest BCUT2D eigenvalue weighted by molar-refractivity contribution is 7.98. The summed E-state index contributed by atoms with van der Waals surface area (Å²) < 4.78 is 5.20. The van der Waals surface area contributed by atoms with Crippen LogP contribution in [0.1, 0.15) is 13.8 Å². The second kappa shape index (κ2) is 7.24. The van der Waals surface area contributed by atoms with Crippen molar-refractivity contribution in [3.63, 3.8) is 0 Å². The lowest BCUT2D eigenvalue weighted by atomic mass is 10.1. The molecule has 20 heavy (non-hydrogen) atoms. The molecule has 112 valence electrons. The van der Waals surface area contributed by atoms with Crippen molar-refractivity contribution in [2.24, 2.45) is 0 Å². The molecule has 2 atom stereocenters. The van der Waals surface area contributed by atoms with Gasteiger partial charge >= 0.3 is 0 Å². The van der Waals surface area contributed by atoms with Crippen molar-refractivity contribution in [3.8, 4) is 0 Å². The van der Waals surface area contributed by atoms with Crippen molar-refractivity contribution in [1.82, 2.24) is 14.9 Å². The molecule has 2 rings (SSSR count). The predicted molar refractivity (Wildman–Crippen MR) is 83.5 cm³/mol. The number of anilines is 1. The Hall–Kier alpha value is -0.850. The number of ether oxygens (including phenoxy) is 1. The van der Waals surface area contributed by atoms with Gasteiger partial charge in [0.1, 0.15) is 10.8 Å². The number of methoxy groups -OCH3 is 1. The highest BCUT2D eigenvalue weighted by atomic mass is 32.2. The highest BCUT2D eigenvalue weighted by Crippen LogP contribution is 2.22. The summed E-state index contributed by atoms with van der Waals surface area (Å²) in [6, 6.07) is 0.988. The quantitative estimate of drug-likeness (QED) is 0.771. The molecule has 1 aliphatic rings. The van der Waals surface area contributed by atoms with E-state index in [0.717, 1.165) is 37.1 Å². The second-order valence-corrected chi connectivity index (χ2v) is 6.08. The van der Waals surface area contributed by atoms with E-state index in [1.807, 2.05) is 18.6 Å². The van der Waals surface area contributed by atoms with Gasteiger partial charge in [0.15, 0.2) is 0 Å². The van der Waals surface area contributed by atoms with Crippen LogP contribution in [0.25, 0.3) is 0 Å². The third-order valence-electron chi connectivity index (χ3n) is 3.79. The number of nitrogens with zero attached hydrogens (tertiary/aromatic N) is 4. The SMILES string of the molecule is COCCN1C(C)CN(c2cncc(SC)n2)CC1C. The fourth-order valence-electron chi connectivity index (χ4n) is 2.77. The zero-order valence-electron chi connectivity index (χ0n) is 12.7. The third-order valence-corrected chi connectivity index (χ3v) is 4.40. The van der Waals surface area contributed by atoms with E-state index in [4.69, 9.17) is 4.74 Å². The van der Waals surface area contributed by atoms with Crippen LogP contribution >= 0.6 is 11.8 Å². The normalized spacial score (nSPS) is 24.1. The largest absolute Gasteiger partial charge is 0.383 e. The standard InChI is InChI=1S/C14H24N4OS/c1-11-9-17(10-12(2)18(11)5-6-19-3)13-7-15-8-14(16-13)20-4/h7-8,11-12H,5-6,9-10H2,1-4H3. The van der Waals surface area contributed by atoms with Crippen molar-refractivity contribution >= 4 is 17.6 Å². The molecule has 2 unspecified atom stereocenters. The van der Waals surface area contributed by atoms with E-state index in [1.165, 1.54) is 0 Å². The van der Waals surface area contributed by atoms with Crippen LogP contribution in [0.2, 0.25) is 0 Å². The maximum absolute atomic E-state index is 5.20. The number of thioether (sulfide) groups is 1. The topological polar surface area (TPSA) is 41.5 Å². The Morgan fingerprint density at radius 3 is 2.60 bits per heavy atom. The number of rotatable bonds is 5. The summed E-state index contributed by atoms with van der Waals surface area (Å²) in [5.41, 5.74) is 0. The van der Waals surface area contributed by atoms with E-state index >= 15 is 0 Å². The first-order chi connectivity index (χ1) is 9.65. The molecule has 1 aromatic rings. The van der Waals surface area contributed by atoms with Gasteiger partial charge in [-0.15, -0.1) is 11.8 Å². The third kappa shape index (κ3) is 3.62. The van der Waals surface area contributed by atoms with Crippen molar-refractivity contribution in [2.75, 3.05) is 44.5 Å². The van der Waals surface area contributed by atoms with Gasteiger partial charge in [0.2, 0.25) is 0 Å².